The van der Waals surface area contributed by atoms with Crippen molar-refractivity contribution in [3.8, 4) is 0 Å². The van der Waals surface area contributed by atoms with Gasteiger partial charge in [-0.3, -0.25) is 4.79 Å². The van der Waals surface area contributed by atoms with E-state index in [0.29, 0.717) is 28.4 Å². The second-order valence-electron chi connectivity index (χ2n) is 5.44. The van der Waals surface area contributed by atoms with Gasteiger partial charge in [-0.1, -0.05) is 11.6 Å². The van der Waals surface area contributed by atoms with E-state index in [0.717, 1.165) is 19.4 Å². The fourth-order valence-corrected chi connectivity index (χ4v) is 2.53. The van der Waals surface area contributed by atoms with Crippen LogP contribution in [0.15, 0.2) is 12.3 Å². The van der Waals surface area contributed by atoms with Gasteiger partial charge in [-0.25, -0.2) is 4.98 Å². The van der Waals surface area contributed by atoms with Crippen LogP contribution < -0.4 is 5.32 Å². The van der Waals surface area contributed by atoms with Crippen LogP contribution in [0.3, 0.4) is 0 Å². The molecular weight excluding hydrogens is 262 g/mol. The zero-order chi connectivity index (χ0) is 13.4. The minimum Gasteiger partial charge on any atom is -0.372 e. The number of nitrogens with one attached hydrogen (secondary N) is 1. The number of rotatable bonds is 5. The van der Waals surface area contributed by atoms with Gasteiger partial charge in [0.05, 0.1) is 10.6 Å². The van der Waals surface area contributed by atoms with Crippen molar-refractivity contribution in [2.75, 3.05) is 18.9 Å². The summed E-state index contributed by atoms with van der Waals surface area (Å²) < 4.78 is 0. The van der Waals surface area contributed by atoms with Crippen molar-refractivity contribution in [2.24, 2.45) is 5.92 Å². The van der Waals surface area contributed by atoms with Crippen molar-refractivity contribution in [1.29, 1.82) is 0 Å². The van der Waals surface area contributed by atoms with Gasteiger partial charge in [0, 0.05) is 25.8 Å². The summed E-state index contributed by atoms with van der Waals surface area (Å²) in [6.07, 6.45) is 6.40. The number of pyridine rings is 1. The third-order valence-corrected chi connectivity index (χ3v) is 4.01. The van der Waals surface area contributed by atoms with Gasteiger partial charge in [0.15, 0.2) is 0 Å². The summed E-state index contributed by atoms with van der Waals surface area (Å²) in [5, 5.41) is 3.40. The first-order valence-corrected chi connectivity index (χ1v) is 7.21. The Morgan fingerprint density at radius 3 is 2.74 bits per heavy atom. The third-order valence-electron chi connectivity index (χ3n) is 3.73. The maximum Gasteiger partial charge on any atom is 0.255 e. The number of hydrogen-bond acceptors (Lipinski definition) is 3. The number of carbonyl (C=O) groups is 1. The highest BCUT2D eigenvalue weighted by atomic mass is 35.5. The van der Waals surface area contributed by atoms with E-state index in [9.17, 15) is 4.79 Å². The van der Waals surface area contributed by atoms with Gasteiger partial charge in [-0.15, -0.1) is 0 Å². The largest absolute Gasteiger partial charge is 0.372 e. The molecule has 1 N–H and O–H groups in total. The molecule has 4 nitrogen and oxygen atoms in total. The first-order valence-electron chi connectivity index (χ1n) is 6.83. The van der Waals surface area contributed by atoms with E-state index in [1.165, 1.54) is 12.8 Å². The number of amides is 1. The molecule has 5 heteroatoms. The van der Waals surface area contributed by atoms with E-state index < -0.39 is 0 Å². The normalized spacial score (nSPS) is 18.2. The molecule has 1 aromatic heterocycles. The van der Waals surface area contributed by atoms with Crippen LogP contribution in [0.25, 0.3) is 0 Å². The number of aromatic nitrogens is 1. The van der Waals surface area contributed by atoms with E-state index >= 15 is 0 Å². The zero-order valence-electron chi connectivity index (χ0n) is 11.0. The lowest BCUT2D eigenvalue weighted by Gasteiger charge is -2.22. The van der Waals surface area contributed by atoms with E-state index in [4.69, 9.17) is 11.6 Å². The smallest absolute Gasteiger partial charge is 0.255 e. The van der Waals surface area contributed by atoms with Gasteiger partial charge >= 0.3 is 0 Å². The summed E-state index contributed by atoms with van der Waals surface area (Å²) >= 11 is 6.10. The Bertz CT molecular complexity index is 497. The predicted molar refractivity (Wildman–Crippen MR) is 75.6 cm³/mol. The van der Waals surface area contributed by atoms with Crippen LogP contribution in [0.1, 0.15) is 36.0 Å². The van der Waals surface area contributed by atoms with Crippen LogP contribution >= 0.6 is 11.6 Å². The first-order chi connectivity index (χ1) is 9.19. The second-order valence-corrected chi connectivity index (χ2v) is 5.84. The zero-order valence-corrected chi connectivity index (χ0v) is 11.8. The molecule has 0 saturated heterocycles. The molecule has 2 aliphatic carbocycles. The van der Waals surface area contributed by atoms with Crippen LogP contribution in [0.5, 0.6) is 0 Å². The molecule has 0 bridgehead atoms. The maximum absolute atomic E-state index is 12.5. The lowest BCUT2D eigenvalue weighted by Crippen LogP contribution is -2.35. The van der Waals surface area contributed by atoms with Gasteiger partial charge in [0.2, 0.25) is 0 Å². The SMILES string of the molecule is CNc1ncc(C(=O)N(CC2CC2)C2CC2)cc1Cl. The fraction of sp³-hybridized carbons (Fsp3) is 0.571. The van der Waals surface area contributed by atoms with Crippen LogP contribution in [0.2, 0.25) is 5.02 Å². The molecule has 19 heavy (non-hydrogen) atoms. The molecule has 1 amide bonds. The Kier molecular flexibility index (Phi) is 3.35. The minimum absolute atomic E-state index is 0.0754. The maximum atomic E-state index is 12.5. The molecule has 0 aliphatic heterocycles. The number of halogens is 1. The Hall–Kier alpha value is -1.29. The molecule has 0 aromatic carbocycles. The first kappa shape index (κ1) is 12.7. The highest BCUT2D eigenvalue weighted by Gasteiger charge is 2.37. The monoisotopic (exact) mass is 279 g/mol. The molecule has 2 saturated carbocycles. The molecule has 0 unspecified atom stereocenters. The van der Waals surface area contributed by atoms with Gasteiger partial charge in [0.25, 0.3) is 5.91 Å². The van der Waals surface area contributed by atoms with Crippen molar-refractivity contribution >= 4 is 23.3 Å². The quantitative estimate of drug-likeness (QED) is 0.901. The van der Waals surface area contributed by atoms with E-state index in [2.05, 4.69) is 10.3 Å². The molecule has 2 aliphatic rings. The summed E-state index contributed by atoms with van der Waals surface area (Å²) in [5.74, 6) is 1.40. The summed E-state index contributed by atoms with van der Waals surface area (Å²) in [4.78, 5) is 18.8. The van der Waals surface area contributed by atoms with Crippen molar-refractivity contribution in [1.82, 2.24) is 9.88 Å². The summed E-state index contributed by atoms with van der Waals surface area (Å²) in [6, 6.07) is 2.15. The van der Waals surface area contributed by atoms with Gasteiger partial charge in [-0.05, 0) is 37.7 Å². The molecule has 1 aromatic rings. The fourth-order valence-electron chi connectivity index (χ4n) is 2.27. The van der Waals surface area contributed by atoms with Crippen molar-refractivity contribution < 1.29 is 4.79 Å². The van der Waals surface area contributed by atoms with E-state index in [1.54, 1.807) is 19.3 Å². The van der Waals surface area contributed by atoms with Crippen molar-refractivity contribution in [2.45, 2.75) is 31.7 Å². The van der Waals surface area contributed by atoms with Crippen molar-refractivity contribution in [3.63, 3.8) is 0 Å². The standard InChI is InChI=1S/C14H18ClN3O/c1-16-13-12(15)6-10(7-17-13)14(19)18(11-4-5-11)8-9-2-3-9/h6-7,9,11H,2-5,8H2,1H3,(H,16,17). The number of nitrogens with zero attached hydrogens (tertiary/aromatic N) is 2. The molecule has 3 rings (SSSR count). The minimum atomic E-state index is 0.0754. The van der Waals surface area contributed by atoms with Crippen molar-refractivity contribution in [3.05, 3.63) is 22.8 Å². The predicted octanol–water partition coefficient (Wildman–Crippen LogP) is 2.79. The average molecular weight is 280 g/mol. The molecule has 0 atom stereocenters. The van der Waals surface area contributed by atoms with Crippen LogP contribution in [0.4, 0.5) is 5.82 Å². The molecule has 1 heterocycles. The van der Waals surface area contributed by atoms with Crippen LogP contribution in [-0.4, -0.2) is 35.4 Å². The Morgan fingerprint density at radius 1 is 1.47 bits per heavy atom. The molecule has 0 radical (unpaired) electrons. The number of hydrogen-bond donors (Lipinski definition) is 1. The second kappa shape index (κ2) is 5.00. The summed E-state index contributed by atoms with van der Waals surface area (Å²) in [7, 11) is 1.76. The van der Waals surface area contributed by atoms with Gasteiger partial charge in [0.1, 0.15) is 5.82 Å². The van der Waals surface area contributed by atoms with Crippen LogP contribution in [0, 0.1) is 5.92 Å². The van der Waals surface area contributed by atoms with E-state index in [-0.39, 0.29) is 5.91 Å². The van der Waals surface area contributed by atoms with E-state index in [1.807, 2.05) is 4.90 Å². The highest BCUT2D eigenvalue weighted by Crippen LogP contribution is 2.35. The summed E-state index contributed by atoms with van der Waals surface area (Å²) in [5.41, 5.74) is 0.594. The Morgan fingerprint density at radius 2 is 2.21 bits per heavy atom. The lowest BCUT2D eigenvalue weighted by molar-refractivity contribution is 0.0734. The summed E-state index contributed by atoms with van der Waals surface area (Å²) in [6.45, 7) is 0.898. The average Bonchev–Trinajstić information content (AvgIpc) is 3.27. The van der Waals surface area contributed by atoms with Gasteiger partial charge in [-0.2, -0.15) is 0 Å². The number of anilines is 1. The highest BCUT2D eigenvalue weighted by molar-refractivity contribution is 6.33. The molecular formula is C14H18ClN3O. The Balaban J connectivity index is 1.78. The molecule has 102 valence electrons. The Labute approximate surface area is 118 Å². The lowest BCUT2D eigenvalue weighted by atomic mass is 10.2. The van der Waals surface area contributed by atoms with Gasteiger partial charge < -0.3 is 10.2 Å². The molecule has 2 fully saturated rings. The third kappa shape index (κ3) is 2.84. The van der Waals surface area contributed by atoms with Crippen LogP contribution in [-0.2, 0) is 0 Å². The molecule has 0 spiro atoms. The topological polar surface area (TPSA) is 45.2 Å². The number of carbonyl (C=O) groups excluding carboxylic acids is 1.